The fourth-order valence-electron chi connectivity index (χ4n) is 1.63. The first-order valence-corrected chi connectivity index (χ1v) is 5.97. The first-order chi connectivity index (χ1) is 9.99. The SMILES string of the molecule is COC(=O)c1cc(NC(=O)Nc2cc(C)[nH]n2)ccc1F. The standard InChI is InChI=1S/C13H13FN4O3/c1-7-5-11(18-17-7)16-13(20)15-8-3-4-10(14)9(6-8)12(19)21-2/h3-6H,1-2H3,(H3,15,16,17,18,20). The quantitative estimate of drug-likeness (QED) is 0.756. The summed E-state index contributed by atoms with van der Waals surface area (Å²) in [6, 6.07) is 4.67. The number of methoxy groups -OCH3 is 1. The molecule has 2 rings (SSSR count). The number of carbonyl (C=O) groups is 2. The van der Waals surface area contributed by atoms with Crippen molar-refractivity contribution in [3.8, 4) is 0 Å². The van der Waals surface area contributed by atoms with Crippen molar-refractivity contribution >= 4 is 23.5 Å². The van der Waals surface area contributed by atoms with Gasteiger partial charge in [0.1, 0.15) is 5.82 Å². The number of hydrogen-bond donors (Lipinski definition) is 3. The molecule has 0 saturated carbocycles. The summed E-state index contributed by atoms with van der Waals surface area (Å²) in [5.41, 5.74) is 0.785. The zero-order valence-electron chi connectivity index (χ0n) is 11.4. The summed E-state index contributed by atoms with van der Waals surface area (Å²) in [4.78, 5) is 23.1. The smallest absolute Gasteiger partial charge is 0.340 e. The van der Waals surface area contributed by atoms with E-state index in [-0.39, 0.29) is 11.3 Å². The Morgan fingerprint density at radius 3 is 2.67 bits per heavy atom. The van der Waals surface area contributed by atoms with Crippen LogP contribution in [0, 0.1) is 12.7 Å². The normalized spacial score (nSPS) is 10.0. The number of rotatable bonds is 3. The molecule has 0 aliphatic carbocycles. The molecular formula is C13H13FN4O3. The fraction of sp³-hybridized carbons (Fsp3) is 0.154. The molecule has 7 nitrogen and oxygen atoms in total. The van der Waals surface area contributed by atoms with Crippen LogP contribution in [-0.4, -0.2) is 29.3 Å². The lowest BCUT2D eigenvalue weighted by atomic mass is 10.2. The van der Waals surface area contributed by atoms with Gasteiger partial charge in [-0.2, -0.15) is 5.10 Å². The summed E-state index contributed by atoms with van der Waals surface area (Å²) in [6.45, 7) is 1.79. The molecule has 2 aromatic rings. The number of nitrogens with one attached hydrogen (secondary N) is 3. The van der Waals surface area contributed by atoms with E-state index in [2.05, 4.69) is 25.6 Å². The molecule has 1 heterocycles. The zero-order valence-corrected chi connectivity index (χ0v) is 11.4. The second kappa shape index (κ2) is 6.04. The number of urea groups is 1. The molecule has 0 spiro atoms. The molecule has 1 aromatic heterocycles. The maximum Gasteiger partial charge on any atom is 0.340 e. The van der Waals surface area contributed by atoms with Crippen molar-refractivity contribution in [1.29, 1.82) is 0 Å². The molecule has 0 saturated heterocycles. The third-order valence-corrected chi connectivity index (χ3v) is 2.58. The Labute approximate surface area is 119 Å². The Morgan fingerprint density at radius 2 is 2.05 bits per heavy atom. The minimum absolute atomic E-state index is 0.251. The van der Waals surface area contributed by atoms with Gasteiger partial charge in [0.2, 0.25) is 0 Å². The van der Waals surface area contributed by atoms with E-state index in [0.29, 0.717) is 5.82 Å². The van der Waals surface area contributed by atoms with E-state index < -0.39 is 17.8 Å². The monoisotopic (exact) mass is 292 g/mol. The fourth-order valence-corrected chi connectivity index (χ4v) is 1.63. The molecule has 0 aliphatic rings. The van der Waals surface area contributed by atoms with Crippen molar-refractivity contribution in [2.75, 3.05) is 17.7 Å². The van der Waals surface area contributed by atoms with E-state index in [9.17, 15) is 14.0 Å². The van der Waals surface area contributed by atoms with Crippen LogP contribution in [0.5, 0.6) is 0 Å². The Hall–Kier alpha value is -2.90. The van der Waals surface area contributed by atoms with Gasteiger partial charge >= 0.3 is 12.0 Å². The third kappa shape index (κ3) is 3.56. The highest BCUT2D eigenvalue weighted by Crippen LogP contribution is 2.16. The average Bonchev–Trinajstić information content (AvgIpc) is 2.85. The van der Waals surface area contributed by atoms with Crippen LogP contribution < -0.4 is 10.6 Å². The van der Waals surface area contributed by atoms with Gasteiger partial charge in [-0.1, -0.05) is 0 Å². The number of esters is 1. The number of ether oxygens (including phenoxy) is 1. The number of halogens is 1. The van der Waals surface area contributed by atoms with Crippen LogP contribution in [0.2, 0.25) is 0 Å². The summed E-state index contributed by atoms with van der Waals surface area (Å²) in [7, 11) is 1.15. The van der Waals surface area contributed by atoms with Crippen molar-refractivity contribution < 1.29 is 18.7 Å². The number of aromatic amines is 1. The van der Waals surface area contributed by atoms with E-state index in [4.69, 9.17) is 0 Å². The largest absolute Gasteiger partial charge is 0.465 e. The predicted molar refractivity (Wildman–Crippen MR) is 73.7 cm³/mol. The van der Waals surface area contributed by atoms with E-state index in [1.54, 1.807) is 13.0 Å². The molecule has 21 heavy (non-hydrogen) atoms. The van der Waals surface area contributed by atoms with Gasteiger partial charge in [-0.25, -0.2) is 14.0 Å². The van der Waals surface area contributed by atoms with Crippen molar-refractivity contribution in [3.63, 3.8) is 0 Å². The van der Waals surface area contributed by atoms with Gasteiger partial charge in [-0.05, 0) is 25.1 Å². The van der Waals surface area contributed by atoms with Gasteiger partial charge in [-0.15, -0.1) is 0 Å². The maximum absolute atomic E-state index is 13.5. The maximum atomic E-state index is 13.5. The summed E-state index contributed by atoms with van der Waals surface area (Å²) in [6.07, 6.45) is 0. The molecule has 0 aliphatic heterocycles. The lowest BCUT2D eigenvalue weighted by molar-refractivity contribution is 0.0595. The summed E-state index contributed by atoms with van der Waals surface area (Å²) < 4.78 is 17.9. The van der Waals surface area contributed by atoms with Gasteiger partial charge in [0.25, 0.3) is 0 Å². The molecule has 0 radical (unpaired) electrons. The molecule has 2 amide bonds. The van der Waals surface area contributed by atoms with Crippen molar-refractivity contribution in [3.05, 3.63) is 41.3 Å². The molecule has 110 valence electrons. The van der Waals surface area contributed by atoms with Crippen LogP contribution in [0.25, 0.3) is 0 Å². The Balaban J connectivity index is 2.08. The van der Waals surface area contributed by atoms with Crippen LogP contribution in [-0.2, 0) is 4.74 Å². The topological polar surface area (TPSA) is 96.1 Å². The summed E-state index contributed by atoms with van der Waals surface area (Å²) >= 11 is 0. The predicted octanol–water partition coefficient (Wildman–Crippen LogP) is 2.29. The van der Waals surface area contributed by atoms with Crippen molar-refractivity contribution in [2.24, 2.45) is 0 Å². The number of benzene rings is 1. The minimum atomic E-state index is -0.820. The van der Waals surface area contributed by atoms with Gasteiger partial charge in [0.15, 0.2) is 5.82 Å². The second-order valence-corrected chi connectivity index (χ2v) is 4.20. The molecule has 0 bridgehead atoms. The molecule has 0 fully saturated rings. The van der Waals surface area contributed by atoms with E-state index in [0.717, 1.165) is 18.9 Å². The first kappa shape index (κ1) is 14.5. The van der Waals surface area contributed by atoms with E-state index in [1.165, 1.54) is 12.1 Å². The average molecular weight is 292 g/mol. The number of carbonyl (C=O) groups excluding carboxylic acids is 2. The highest BCUT2D eigenvalue weighted by atomic mass is 19.1. The molecule has 1 aromatic carbocycles. The molecule has 3 N–H and O–H groups in total. The Kier molecular flexibility index (Phi) is 4.17. The molecule has 0 atom stereocenters. The zero-order chi connectivity index (χ0) is 15.4. The third-order valence-electron chi connectivity index (χ3n) is 2.58. The van der Waals surface area contributed by atoms with Gasteiger partial charge in [0, 0.05) is 17.4 Å². The molecule has 8 heteroatoms. The lowest BCUT2D eigenvalue weighted by Gasteiger charge is -2.07. The Morgan fingerprint density at radius 1 is 1.29 bits per heavy atom. The Bertz CT molecular complexity index is 684. The second-order valence-electron chi connectivity index (χ2n) is 4.20. The van der Waals surface area contributed by atoms with Gasteiger partial charge in [0.05, 0.1) is 12.7 Å². The van der Waals surface area contributed by atoms with Crippen molar-refractivity contribution in [1.82, 2.24) is 10.2 Å². The van der Waals surface area contributed by atoms with Crippen LogP contribution in [0.3, 0.4) is 0 Å². The number of amides is 2. The van der Waals surface area contributed by atoms with Crippen LogP contribution in [0.1, 0.15) is 16.1 Å². The highest BCUT2D eigenvalue weighted by molar-refractivity contribution is 6.00. The lowest BCUT2D eigenvalue weighted by Crippen LogP contribution is -2.20. The van der Waals surface area contributed by atoms with Crippen LogP contribution >= 0.6 is 0 Å². The molecular weight excluding hydrogens is 279 g/mol. The van der Waals surface area contributed by atoms with E-state index >= 15 is 0 Å². The van der Waals surface area contributed by atoms with E-state index in [1.807, 2.05) is 0 Å². The van der Waals surface area contributed by atoms with Crippen LogP contribution in [0.15, 0.2) is 24.3 Å². The first-order valence-electron chi connectivity index (χ1n) is 5.97. The van der Waals surface area contributed by atoms with Gasteiger partial charge in [-0.3, -0.25) is 10.4 Å². The number of nitrogens with zero attached hydrogens (tertiary/aromatic N) is 1. The number of hydrogen-bond acceptors (Lipinski definition) is 4. The number of aromatic nitrogens is 2. The van der Waals surface area contributed by atoms with Gasteiger partial charge < -0.3 is 10.1 Å². The van der Waals surface area contributed by atoms with Crippen molar-refractivity contribution in [2.45, 2.75) is 6.92 Å². The number of aryl methyl sites for hydroxylation is 1. The summed E-state index contributed by atoms with van der Waals surface area (Å²) in [5.74, 6) is -1.20. The number of anilines is 2. The number of H-pyrrole nitrogens is 1. The molecule has 0 unspecified atom stereocenters. The highest BCUT2D eigenvalue weighted by Gasteiger charge is 2.14. The minimum Gasteiger partial charge on any atom is -0.465 e. The summed E-state index contributed by atoms with van der Waals surface area (Å²) in [5, 5.41) is 11.5. The van der Waals surface area contributed by atoms with Crippen LogP contribution in [0.4, 0.5) is 20.7 Å².